The highest BCUT2D eigenvalue weighted by Gasteiger charge is 2.34. The summed E-state index contributed by atoms with van der Waals surface area (Å²) in [5, 5.41) is 0. The zero-order valence-electron chi connectivity index (χ0n) is 15.2. The van der Waals surface area contributed by atoms with Crippen LogP contribution in [-0.4, -0.2) is 65.2 Å². The smallest absolute Gasteiger partial charge is 0.132 e. The molecule has 3 aliphatic rings. The number of aromatic nitrogens is 3. The van der Waals surface area contributed by atoms with Crippen molar-refractivity contribution < 1.29 is 0 Å². The summed E-state index contributed by atoms with van der Waals surface area (Å²) in [6.45, 7) is 6.54. The number of nitrogens with zero attached hydrogens (tertiary/aromatic N) is 6. The third-order valence-corrected chi connectivity index (χ3v) is 6.19. The van der Waals surface area contributed by atoms with E-state index in [1.54, 1.807) is 6.33 Å². The van der Waals surface area contributed by atoms with Gasteiger partial charge in [0.15, 0.2) is 0 Å². The highest BCUT2D eigenvalue weighted by atomic mass is 15.4. The SMILES string of the molecule is c1ccc(N2CCN(C3CN(c4cc(C5CCC5)ncn4)C3)CC2)nc1. The average molecular weight is 350 g/mol. The molecular weight excluding hydrogens is 324 g/mol. The van der Waals surface area contributed by atoms with Gasteiger partial charge in [-0.3, -0.25) is 4.90 Å². The predicted molar refractivity (Wildman–Crippen MR) is 103 cm³/mol. The molecule has 0 aromatic carbocycles. The summed E-state index contributed by atoms with van der Waals surface area (Å²) >= 11 is 0. The van der Waals surface area contributed by atoms with E-state index in [1.807, 2.05) is 12.3 Å². The molecule has 2 saturated heterocycles. The van der Waals surface area contributed by atoms with Crippen molar-refractivity contribution in [2.24, 2.45) is 0 Å². The van der Waals surface area contributed by atoms with Crippen LogP contribution in [0.4, 0.5) is 11.6 Å². The summed E-state index contributed by atoms with van der Waals surface area (Å²) in [4.78, 5) is 20.9. The second-order valence-electron chi connectivity index (χ2n) is 7.70. The van der Waals surface area contributed by atoms with E-state index in [9.17, 15) is 0 Å². The van der Waals surface area contributed by atoms with Crippen molar-refractivity contribution >= 4 is 11.6 Å². The van der Waals surface area contributed by atoms with Crippen molar-refractivity contribution in [1.82, 2.24) is 19.9 Å². The summed E-state index contributed by atoms with van der Waals surface area (Å²) in [6.07, 6.45) is 7.56. The van der Waals surface area contributed by atoms with E-state index in [0.29, 0.717) is 12.0 Å². The third kappa shape index (κ3) is 3.03. The predicted octanol–water partition coefficient (Wildman–Crippen LogP) is 2.15. The molecule has 1 aliphatic carbocycles. The Labute approximate surface area is 154 Å². The molecule has 0 atom stereocenters. The Morgan fingerprint density at radius 1 is 0.846 bits per heavy atom. The van der Waals surface area contributed by atoms with Crippen molar-refractivity contribution in [1.29, 1.82) is 0 Å². The number of hydrogen-bond acceptors (Lipinski definition) is 6. The van der Waals surface area contributed by atoms with Gasteiger partial charge in [0.25, 0.3) is 0 Å². The minimum absolute atomic E-state index is 0.656. The van der Waals surface area contributed by atoms with E-state index in [-0.39, 0.29) is 0 Å². The van der Waals surface area contributed by atoms with Gasteiger partial charge in [-0.2, -0.15) is 0 Å². The molecule has 4 heterocycles. The molecule has 6 heteroatoms. The first-order valence-corrected chi connectivity index (χ1v) is 9.84. The third-order valence-electron chi connectivity index (χ3n) is 6.19. The van der Waals surface area contributed by atoms with Gasteiger partial charge in [-0.25, -0.2) is 15.0 Å². The Morgan fingerprint density at radius 3 is 2.38 bits per heavy atom. The van der Waals surface area contributed by atoms with Crippen LogP contribution in [0.15, 0.2) is 36.8 Å². The van der Waals surface area contributed by atoms with Crippen LogP contribution in [0.25, 0.3) is 0 Å². The van der Waals surface area contributed by atoms with Gasteiger partial charge >= 0.3 is 0 Å². The van der Waals surface area contributed by atoms with Crippen LogP contribution in [0.5, 0.6) is 0 Å². The minimum Gasteiger partial charge on any atom is -0.354 e. The lowest BCUT2D eigenvalue weighted by Crippen LogP contribution is -2.63. The Hall–Kier alpha value is -2.21. The summed E-state index contributed by atoms with van der Waals surface area (Å²) in [5.41, 5.74) is 1.24. The summed E-state index contributed by atoms with van der Waals surface area (Å²) < 4.78 is 0. The molecule has 2 aromatic heterocycles. The summed E-state index contributed by atoms with van der Waals surface area (Å²) in [5.74, 6) is 2.89. The lowest BCUT2D eigenvalue weighted by atomic mass is 9.83. The molecule has 2 aromatic rings. The number of piperazine rings is 1. The van der Waals surface area contributed by atoms with E-state index in [4.69, 9.17) is 0 Å². The maximum absolute atomic E-state index is 4.51. The van der Waals surface area contributed by atoms with Crippen LogP contribution < -0.4 is 9.80 Å². The number of anilines is 2. The maximum Gasteiger partial charge on any atom is 0.132 e. The second kappa shape index (κ2) is 6.83. The number of hydrogen-bond donors (Lipinski definition) is 0. The molecule has 26 heavy (non-hydrogen) atoms. The fourth-order valence-electron chi connectivity index (χ4n) is 4.19. The zero-order chi connectivity index (χ0) is 17.3. The van der Waals surface area contributed by atoms with Gasteiger partial charge in [-0.1, -0.05) is 12.5 Å². The Morgan fingerprint density at radius 2 is 1.69 bits per heavy atom. The first-order chi connectivity index (χ1) is 12.9. The van der Waals surface area contributed by atoms with Gasteiger partial charge in [-0.15, -0.1) is 0 Å². The largest absolute Gasteiger partial charge is 0.354 e. The highest BCUT2D eigenvalue weighted by Crippen LogP contribution is 2.36. The van der Waals surface area contributed by atoms with Crippen molar-refractivity contribution in [3.8, 4) is 0 Å². The van der Waals surface area contributed by atoms with Crippen LogP contribution in [0.3, 0.4) is 0 Å². The molecule has 1 saturated carbocycles. The zero-order valence-corrected chi connectivity index (χ0v) is 15.2. The van der Waals surface area contributed by atoms with Gasteiger partial charge in [0.2, 0.25) is 0 Å². The van der Waals surface area contributed by atoms with Gasteiger partial charge in [0, 0.05) is 69.2 Å². The quantitative estimate of drug-likeness (QED) is 0.842. The second-order valence-corrected chi connectivity index (χ2v) is 7.70. The molecule has 0 unspecified atom stereocenters. The van der Waals surface area contributed by atoms with Gasteiger partial charge in [-0.05, 0) is 25.0 Å². The van der Waals surface area contributed by atoms with Crippen molar-refractivity contribution in [2.45, 2.75) is 31.2 Å². The Bertz CT molecular complexity index is 733. The van der Waals surface area contributed by atoms with Gasteiger partial charge < -0.3 is 9.80 Å². The first-order valence-electron chi connectivity index (χ1n) is 9.84. The van der Waals surface area contributed by atoms with E-state index in [0.717, 1.165) is 50.9 Å². The molecule has 6 nitrogen and oxygen atoms in total. The van der Waals surface area contributed by atoms with Crippen LogP contribution in [0.1, 0.15) is 30.9 Å². The standard InChI is InChI=1S/C20H26N6/c1-2-7-21-19(6-1)25-10-8-24(9-11-25)17-13-26(14-17)20-12-18(22-15-23-20)16-4-3-5-16/h1-2,6-7,12,15-17H,3-5,8-11,13-14H2. The molecule has 2 aliphatic heterocycles. The lowest BCUT2D eigenvalue weighted by molar-refractivity contribution is 0.156. The lowest BCUT2D eigenvalue weighted by Gasteiger charge is -2.48. The number of rotatable bonds is 4. The molecule has 0 spiro atoms. The maximum atomic E-state index is 4.51. The fraction of sp³-hybridized carbons (Fsp3) is 0.550. The Kier molecular flexibility index (Phi) is 4.21. The Balaban J connectivity index is 1.14. The van der Waals surface area contributed by atoms with E-state index < -0.39 is 0 Å². The first kappa shape index (κ1) is 16.0. The van der Waals surface area contributed by atoms with Crippen LogP contribution in [-0.2, 0) is 0 Å². The van der Waals surface area contributed by atoms with Crippen LogP contribution in [0.2, 0.25) is 0 Å². The molecule has 136 valence electrons. The molecule has 0 radical (unpaired) electrons. The molecular formula is C20H26N6. The van der Waals surface area contributed by atoms with Crippen LogP contribution in [0, 0.1) is 0 Å². The molecule has 3 fully saturated rings. The fourth-order valence-corrected chi connectivity index (χ4v) is 4.19. The molecule has 0 amide bonds. The number of pyridine rings is 1. The van der Waals surface area contributed by atoms with E-state index in [2.05, 4.69) is 47.9 Å². The topological polar surface area (TPSA) is 48.4 Å². The van der Waals surface area contributed by atoms with E-state index in [1.165, 1.54) is 25.0 Å². The molecule has 0 N–H and O–H groups in total. The monoisotopic (exact) mass is 350 g/mol. The molecule has 5 rings (SSSR count). The minimum atomic E-state index is 0.656. The van der Waals surface area contributed by atoms with E-state index >= 15 is 0 Å². The van der Waals surface area contributed by atoms with Crippen molar-refractivity contribution in [3.63, 3.8) is 0 Å². The molecule has 0 bridgehead atoms. The average Bonchev–Trinajstić information content (AvgIpc) is 2.61. The van der Waals surface area contributed by atoms with Gasteiger partial charge in [0.1, 0.15) is 18.0 Å². The normalized spacial score (nSPS) is 22.2. The van der Waals surface area contributed by atoms with Gasteiger partial charge in [0.05, 0.1) is 0 Å². The highest BCUT2D eigenvalue weighted by molar-refractivity contribution is 5.44. The van der Waals surface area contributed by atoms with Crippen molar-refractivity contribution in [2.75, 3.05) is 49.1 Å². The van der Waals surface area contributed by atoms with Crippen LogP contribution >= 0.6 is 0 Å². The summed E-state index contributed by atoms with van der Waals surface area (Å²) in [6, 6.07) is 9.03. The summed E-state index contributed by atoms with van der Waals surface area (Å²) in [7, 11) is 0. The van der Waals surface area contributed by atoms with Crippen molar-refractivity contribution in [3.05, 3.63) is 42.5 Å².